The Morgan fingerprint density at radius 2 is 2.00 bits per heavy atom. The lowest BCUT2D eigenvalue weighted by molar-refractivity contribution is 0.280. The summed E-state index contributed by atoms with van der Waals surface area (Å²) in [6, 6.07) is 7.35. The van der Waals surface area contributed by atoms with Crippen LogP contribution in [0.3, 0.4) is 0 Å². The van der Waals surface area contributed by atoms with Crippen LogP contribution in [-0.2, 0) is 6.61 Å². The van der Waals surface area contributed by atoms with Gasteiger partial charge in [-0.1, -0.05) is 28.6 Å². The van der Waals surface area contributed by atoms with Crippen LogP contribution in [0.2, 0.25) is 0 Å². The summed E-state index contributed by atoms with van der Waals surface area (Å²) >= 11 is 1.20. The average molecular weight is 252 g/mol. The van der Waals surface area contributed by atoms with Crippen LogP contribution in [0.25, 0.3) is 0 Å². The Morgan fingerprint density at radius 1 is 1.24 bits per heavy atom. The van der Waals surface area contributed by atoms with E-state index in [1.165, 1.54) is 11.3 Å². The number of ether oxygens (including phenoxy) is 2. The zero-order valence-corrected chi connectivity index (χ0v) is 10.1. The van der Waals surface area contributed by atoms with Gasteiger partial charge in [0, 0.05) is 0 Å². The van der Waals surface area contributed by atoms with Crippen LogP contribution in [-0.4, -0.2) is 21.9 Å². The van der Waals surface area contributed by atoms with Crippen molar-refractivity contribution in [3.8, 4) is 16.7 Å². The number of aromatic nitrogens is 2. The molecule has 2 aromatic rings. The Hall–Kier alpha value is -1.66. The van der Waals surface area contributed by atoms with Crippen molar-refractivity contribution >= 4 is 11.3 Å². The first-order chi connectivity index (χ1) is 8.33. The van der Waals surface area contributed by atoms with E-state index >= 15 is 0 Å². The Balaban J connectivity index is 2.17. The zero-order chi connectivity index (χ0) is 12.1. The number of rotatable bonds is 5. The summed E-state index contributed by atoms with van der Waals surface area (Å²) in [7, 11) is 0. The molecule has 0 spiro atoms. The number of aliphatic hydroxyl groups excluding tert-OH is 1. The molecule has 0 atom stereocenters. The zero-order valence-electron chi connectivity index (χ0n) is 9.29. The van der Waals surface area contributed by atoms with Gasteiger partial charge in [0.05, 0.1) is 13.2 Å². The maximum atomic E-state index is 8.88. The van der Waals surface area contributed by atoms with Gasteiger partial charge in [0.25, 0.3) is 5.19 Å². The fourth-order valence-corrected chi connectivity index (χ4v) is 1.81. The molecule has 1 aromatic heterocycles. The lowest BCUT2D eigenvalue weighted by Gasteiger charge is -2.08. The Labute approximate surface area is 103 Å². The average Bonchev–Trinajstić information content (AvgIpc) is 2.80. The van der Waals surface area contributed by atoms with E-state index in [2.05, 4.69) is 10.2 Å². The normalized spacial score (nSPS) is 10.2. The summed E-state index contributed by atoms with van der Waals surface area (Å²) in [5.74, 6) is 1.26. The maximum Gasteiger partial charge on any atom is 0.299 e. The molecule has 0 aliphatic rings. The van der Waals surface area contributed by atoms with Crippen LogP contribution in [0.1, 0.15) is 11.9 Å². The van der Waals surface area contributed by atoms with Crippen molar-refractivity contribution in [1.29, 1.82) is 0 Å². The first-order valence-corrected chi connectivity index (χ1v) is 5.98. The van der Waals surface area contributed by atoms with Gasteiger partial charge in [-0.2, -0.15) is 0 Å². The molecule has 5 nitrogen and oxygen atoms in total. The quantitative estimate of drug-likeness (QED) is 0.884. The van der Waals surface area contributed by atoms with Gasteiger partial charge in [0.15, 0.2) is 11.5 Å². The number of hydrogen-bond acceptors (Lipinski definition) is 6. The number of aliphatic hydroxyl groups is 1. The van der Waals surface area contributed by atoms with E-state index in [4.69, 9.17) is 14.6 Å². The number of benzene rings is 1. The third kappa shape index (κ3) is 2.92. The van der Waals surface area contributed by atoms with Crippen molar-refractivity contribution < 1.29 is 14.6 Å². The molecule has 17 heavy (non-hydrogen) atoms. The molecule has 0 radical (unpaired) electrons. The standard InChI is InChI=1S/C11H12N2O3S/c1-2-15-8-5-3-4-6-9(8)16-11-13-12-10(7-14)17-11/h3-6,14H,2,7H2,1H3. The second kappa shape index (κ2) is 5.60. The third-order valence-corrected chi connectivity index (χ3v) is 2.72. The van der Waals surface area contributed by atoms with Crippen LogP contribution in [0.15, 0.2) is 24.3 Å². The van der Waals surface area contributed by atoms with Gasteiger partial charge in [-0.3, -0.25) is 0 Å². The molecule has 0 aliphatic carbocycles. The van der Waals surface area contributed by atoms with E-state index in [1.807, 2.05) is 25.1 Å². The number of hydrogen-bond donors (Lipinski definition) is 1. The summed E-state index contributed by atoms with van der Waals surface area (Å²) in [4.78, 5) is 0. The highest BCUT2D eigenvalue weighted by molar-refractivity contribution is 7.13. The van der Waals surface area contributed by atoms with Crippen molar-refractivity contribution in [2.24, 2.45) is 0 Å². The van der Waals surface area contributed by atoms with Crippen LogP contribution in [0.4, 0.5) is 0 Å². The van der Waals surface area contributed by atoms with Gasteiger partial charge in [0.2, 0.25) is 0 Å². The minimum atomic E-state index is -0.131. The SMILES string of the molecule is CCOc1ccccc1Oc1nnc(CO)s1. The highest BCUT2D eigenvalue weighted by Crippen LogP contribution is 2.32. The first kappa shape index (κ1) is 11.8. The van der Waals surface area contributed by atoms with E-state index in [-0.39, 0.29) is 6.61 Å². The first-order valence-electron chi connectivity index (χ1n) is 5.16. The molecule has 0 saturated carbocycles. The number of nitrogens with zero attached hydrogens (tertiary/aromatic N) is 2. The van der Waals surface area contributed by atoms with Crippen molar-refractivity contribution in [2.75, 3.05) is 6.61 Å². The number of para-hydroxylation sites is 2. The summed E-state index contributed by atoms with van der Waals surface area (Å²) in [5.41, 5.74) is 0. The maximum absolute atomic E-state index is 8.88. The smallest absolute Gasteiger partial charge is 0.299 e. The van der Waals surface area contributed by atoms with Gasteiger partial charge in [-0.05, 0) is 19.1 Å². The molecule has 1 aromatic carbocycles. The van der Waals surface area contributed by atoms with Gasteiger partial charge in [0.1, 0.15) is 5.01 Å². The lowest BCUT2D eigenvalue weighted by atomic mass is 10.3. The highest BCUT2D eigenvalue weighted by Gasteiger charge is 2.09. The predicted octanol–water partition coefficient (Wildman–Crippen LogP) is 2.22. The fourth-order valence-electron chi connectivity index (χ4n) is 1.25. The molecule has 0 aliphatic heterocycles. The summed E-state index contributed by atoms with van der Waals surface area (Å²) in [6.45, 7) is 2.35. The Morgan fingerprint density at radius 3 is 2.65 bits per heavy atom. The molecular weight excluding hydrogens is 240 g/mol. The van der Waals surface area contributed by atoms with Crippen LogP contribution < -0.4 is 9.47 Å². The minimum absolute atomic E-state index is 0.131. The second-order valence-electron chi connectivity index (χ2n) is 3.10. The van der Waals surface area contributed by atoms with E-state index in [0.717, 1.165) is 0 Å². The van der Waals surface area contributed by atoms with Gasteiger partial charge in [-0.15, -0.1) is 5.10 Å². The fraction of sp³-hybridized carbons (Fsp3) is 0.273. The Kier molecular flexibility index (Phi) is 3.89. The molecule has 0 amide bonds. The van der Waals surface area contributed by atoms with Crippen molar-refractivity contribution in [3.05, 3.63) is 29.3 Å². The van der Waals surface area contributed by atoms with Gasteiger partial charge >= 0.3 is 0 Å². The lowest BCUT2D eigenvalue weighted by Crippen LogP contribution is -1.94. The van der Waals surface area contributed by atoms with Crippen LogP contribution in [0, 0.1) is 0 Å². The van der Waals surface area contributed by atoms with E-state index < -0.39 is 0 Å². The van der Waals surface area contributed by atoms with Crippen molar-refractivity contribution in [1.82, 2.24) is 10.2 Å². The molecule has 0 fully saturated rings. The molecule has 1 heterocycles. The second-order valence-corrected chi connectivity index (χ2v) is 4.13. The van der Waals surface area contributed by atoms with Crippen molar-refractivity contribution in [2.45, 2.75) is 13.5 Å². The molecule has 90 valence electrons. The molecular formula is C11H12N2O3S. The van der Waals surface area contributed by atoms with Crippen LogP contribution in [0.5, 0.6) is 16.7 Å². The highest BCUT2D eigenvalue weighted by atomic mass is 32.1. The molecule has 1 N–H and O–H groups in total. The molecule has 0 bridgehead atoms. The molecule has 0 saturated heterocycles. The minimum Gasteiger partial charge on any atom is -0.490 e. The largest absolute Gasteiger partial charge is 0.490 e. The predicted molar refractivity (Wildman–Crippen MR) is 63.5 cm³/mol. The topological polar surface area (TPSA) is 64.5 Å². The summed E-state index contributed by atoms with van der Waals surface area (Å²) < 4.78 is 11.0. The molecule has 0 unspecified atom stereocenters. The summed E-state index contributed by atoms with van der Waals surface area (Å²) in [5, 5.41) is 17.4. The molecule has 2 rings (SSSR count). The summed E-state index contributed by atoms with van der Waals surface area (Å²) in [6.07, 6.45) is 0. The van der Waals surface area contributed by atoms with Gasteiger partial charge < -0.3 is 14.6 Å². The molecule has 6 heteroatoms. The van der Waals surface area contributed by atoms with Gasteiger partial charge in [-0.25, -0.2) is 0 Å². The van der Waals surface area contributed by atoms with E-state index in [1.54, 1.807) is 6.07 Å². The van der Waals surface area contributed by atoms with E-state index in [9.17, 15) is 0 Å². The van der Waals surface area contributed by atoms with Crippen molar-refractivity contribution in [3.63, 3.8) is 0 Å². The third-order valence-electron chi connectivity index (χ3n) is 1.93. The van der Waals surface area contributed by atoms with Crippen LogP contribution >= 0.6 is 11.3 Å². The monoisotopic (exact) mass is 252 g/mol. The Bertz CT molecular complexity index is 487. The van der Waals surface area contributed by atoms with E-state index in [0.29, 0.717) is 28.3 Å².